The van der Waals surface area contributed by atoms with Crippen LogP contribution in [-0.4, -0.2) is 30.9 Å². The molecule has 2 amide bonds. The second-order valence-electron chi connectivity index (χ2n) is 4.75. The highest BCUT2D eigenvalue weighted by Gasteiger charge is 2.06. The van der Waals surface area contributed by atoms with Gasteiger partial charge in [0.05, 0.1) is 6.54 Å². The Kier molecular flexibility index (Phi) is 6.27. The molecule has 0 saturated carbocycles. The number of hydrogen-bond acceptors (Lipinski definition) is 5. The first-order valence-corrected chi connectivity index (χ1v) is 7.91. The zero-order valence-corrected chi connectivity index (χ0v) is 13.5. The van der Waals surface area contributed by atoms with Crippen molar-refractivity contribution in [3.05, 3.63) is 53.4 Å². The maximum absolute atomic E-state index is 11.6. The molecule has 0 aliphatic carbocycles. The van der Waals surface area contributed by atoms with E-state index in [1.54, 1.807) is 6.08 Å². The van der Waals surface area contributed by atoms with Crippen molar-refractivity contribution < 1.29 is 19.1 Å². The van der Waals surface area contributed by atoms with Gasteiger partial charge in [0.15, 0.2) is 6.61 Å². The molecule has 1 heterocycles. The Morgan fingerprint density at radius 1 is 1.12 bits per heavy atom. The van der Waals surface area contributed by atoms with Crippen LogP contribution in [0.4, 0.5) is 0 Å². The molecule has 0 unspecified atom stereocenters. The molecular weight excluding hydrogens is 328 g/mol. The van der Waals surface area contributed by atoms with E-state index in [1.165, 1.54) is 17.4 Å². The number of carbonyl (C=O) groups excluding carboxylic acids is 3. The van der Waals surface area contributed by atoms with Gasteiger partial charge in [-0.25, -0.2) is 4.79 Å². The van der Waals surface area contributed by atoms with Gasteiger partial charge in [-0.2, -0.15) is 0 Å². The third-order valence-corrected chi connectivity index (χ3v) is 3.97. The van der Waals surface area contributed by atoms with E-state index in [-0.39, 0.29) is 6.54 Å². The maximum Gasteiger partial charge on any atom is 0.331 e. The number of ether oxygens (including phenoxy) is 1. The van der Waals surface area contributed by atoms with Gasteiger partial charge in [0.25, 0.3) is 5.91 Å². The topological polar surface area (TPSA) is 98.5 Å². The van der Waals surface area contributed by atoms with Crippen molar-refractivity contribution >= 4 is 35.2 Å². The SMILES string of the molecule is NC(=O)CNC(=O)COC(=O)/C=C/c1ccc(-c2ccccc2)s1. The van der Waals surface area contributed by atoms with Crippen LogP contribution in [-0.2, 0) is 19.1 Å². The fourth-order valence-electron chi connectivity index (χ4n) is 1.77. The molecule has 1 aromatic carbocycles. The Bertz CT molecular complexity index is 753. The number of amides is 2. The van der Waals surface area contributed by atoms with Crippen molar-refractivity contribution in [3.8, 4) is 10.4 Å². The van der Waals surface area contributed by atoms with E-state index in [0.29, 0.717) is 0 Å². The van der Waals surface area contributed by atoms with Crippen LogP contribution in [0.1, 0.15) is 4.88 Å². The van der Waals surface area contributed by atoms with E-state index >= 15 is 0 Å². The van der Waals surface area contributed by atoms with Crippen LogP contribution >= 0.6 is 11.3 Å². The van der Waals surface area contributed by atoms with Crippen LogP contribution in [0.2, 0.25) is 0 Å². The van der Waals surface area contributed by atoms with Gasteiger partial charge in [-0.3, -0.25) is 9.59 Å². The normalized spacial score (nSPS) is 10.5. The fraction of sp³-hybridized carbons (Fsp3) is 0.118. The van der Waals surface area contributed by atoms with Gasteiger partial charge < -0.3 is 15.8 Å². The van der Waals surface area contributed by atoms with E-state index < -0.39 is 24.4 Å². The van der Waals surface area contributed by atoms with Crippen LogP contribution in [0.3, 0.4) is 0 Å². The van der Waals surface area contributed by atoms with Gasteiger partial charge >= 0.3 is 5.97 Å². The van der Waals surface area contributed by atoms with Gasteiger partial charge in [0.2, 0.25) is 5.91 Å². The molecule has 0 aliphatic rings. The molecule has 0 aliphatic heterocycles. The highest BCUT2D eigenvalue weighted by atomic mass is 32.1. The largest absolute Gasteiger partial charge is 0.452 e. The van der Waals surface area contributed by atoms with Crippen LogP contribution in [0.5, 0.6) is 0 Å². The molecule has 1 aromatic heterocycles. The second-order valence-corrected chi connectivity index (χ2v) is 5.87. The molecule has 24 heavy (non-hydrogen) atoms. The smallest absolute Gasteiger partial charge is 0.331 e. The lowest BCUT2D eigenvalue weighted by atomic mass is 10.2. The molecule has 0 bridgehead atoms. The minimum atomic E-state index is -0.665. The summed E-state index contributed by atoms with van der Waals surface area (Å²) in [6.07, 6.45) is 2.88. The number of nitrogens with two attached hydrogens (primary N) is 1. The van der Waals surface area contributed by atoms with E-state index in [4.69, 9.17) is 10.5 Å². The monoisotopic (exact) mass is 344 g/mol. The highest BCUT2D eigenvalue weighted by Crippen LogP contribution is 2.28. The quantitative estimate of drug-likeness (QED) is 0.588. The van der Waals surface area contributed by atoms with Gasteiger partial charge in [-0.15, -0.1) is 11.3 Å². The molecule has 6 nitrogen and oxygen atoms in total. The van der Waals surface area contributed by atoms with Gasteiger partial charge in [-0.05, 0) is 23.8 Å². The number of hydrogen-bond donors (Lipinski definition) is 2. The molecule has 0 radical (unpaired) electrons. The van der Waals surface area contributed by atoms with Crippen molar-refractivity contribution in [1.82, 2.24) is 5.32 Å². The Labute approximate surface area is 142 Å². The lowest BCUT2D eigenvalue weighted by Crippen LogP contribution is -2.35. The molecule has 124 valence electrons. The molecular formula is C17H16N2O4S. The molecule has 0 fully saturated rings. The first-order valence-electron chi connectivity index (χ1n) is 7.09. The van der Waals surface area contributed by atoms with Gasteiger partial charge in [0.1, 0.15) is 0 Å². The summed E-state index contributed by atoms with van der Waals surface area (Å²) in [5, 5.41) is 2.22. The fourth-order valence-corrected chi connectivity index (χ4v) is 2.69. The molecule has 3 N–H and O–H groups in total. The van der Waals surface area contributed by atoms with Crippen LogP contribution in [0.15, 0.2) is 48.5 Å². The average Bonchev–Trinajstić information content (AvgIpc) is 3.06. The Balaban J connectivity index is 1.83. The molecule has 2 rings (SSSR count). The van der Waals surface area contributed by atoms with Crippen LogP contribution < -0.4 is 11.1 Å². The van der Waals surface area contributed by atoms with Gasteiger partial charge in [0, 0.05) is 15.8 Å². The van der Waals surface area contributed by atoms with Crippen LogP contribution in [0.25, 0.3) is 16.5 Å². The van der Waals surface area contributed by atoms with Crippen molar-refractivity contribution in [2.24, 2.45) is 5.73 Å². The van der Waals surface area contributed by atoms with E-state index in [9.17, 15) is 14.4 Å². The van der Waals surface area contributed by atoms with Crippen molar-refractivity contribution in [2.75, 3.05) is 13.2 Å². The van der Waals surface area contributed by atoms with Crippen molar-refractivity contribution in [2.45, 2.75) is 0 Å². The predicted molar refractivity (Wildman–Crippen MR) is 92.0 cm³/mol. The minimum absolute atomic E-state index is 0.288. The molecule has 2 aromatic rings. The van der Waals surface area contributed by atoms with Crippen molar-refractivity contribution in [1.29, 1.82) is 0 Å². The predicted octanol–water partition coefficient (Wildman–Crippen LogP) is 1.57. The summed E-state index contributed by atoms with van der Waals surface area (Å²) in [6.45, 7) is -0.750. The summed E-state index contributed by atoms with van der Waals surface area (Å²) in [5.41, 5.74) is 5.99. The third kappa shape index (κ3) is 5.69. The number of benzene rings is 1. The number of rotatable bonds is 7. The molecule has 0 atom stereocenters. The average molecular weight is 344 g/mol. The lowest BCUT2D eigenvalue weighted by molar-refractivity contribution is -0.143. The summed E-state index contributed by atoms with van der Waals surface area (Å²) in [4.78, 5) is 35.3. The minimum Gasteiger partial charge on any atom is -0.452 e. The number of thiophene rings is 1. The number of nitrogens with one attached hydrogen (secondary N) is 1. The summed E-state index contributed by atoms with van der Waals surface area (Å²) in [6, 6.07) is 13.8. The summed E-state index contributed by atoms with van der Waals surface area (Å²) in [7, 11) is 0. The van der Waals surface area contributed by atoms with E-state index in [1.807, 2.05) is 42.5 Å². The van der Waals surface area contributed by atoms with Crippen LogP contribution in [0, 0.1) is 0 Å². The number of primary amides is 1. The Hall–Kier alpha value is -2.93. The summed E-state index contributed by atoms with van der Waals surface area (Å²) >= 11 is 1.54. The lowest BCUT2D eigenvalue weighted by Gasteiger charge is -2.02. The maximum atomic E-state index is 11.6. The summed E-state index contributed by atoms with van der Waals surface area (Å²) < 4.78 is 4.76. The van der Waals surface area contributed by atoms with E-state index in [0.717, 1.165) is 15.3 Å². The van der Waals surface area contributed by atoms with Crippen molar-refractivity contribution in [3.63, 3.8) is 0 Å². The van der Waals surface area contributed by atoms with Gasteiger partial charge in [-0.1, -0.05) is 30.3 Å². The highest BCUT2D eigenvalue weighted by molar-refractivity contribution is 7.16. The summed E-state index contributed by atoms with van der Waals surface area (Å²) in [5.74, 6) is -1.89. The van der Waals surface area contributed by atoms with E-state index in [2.05, 4.69) is 5.32 Å². The molecule has 0 saturated heterocycles. The molecule has 7 heteroatoms. The standard InChI is InChI=1S/C17H16N2O4S/c18-15(20)10-19-16(21)11-23-17(22)9-7-13-6-8-14(24-13)12-4-2-1-3-5-12/h1-9H,10-11H2,(H2,18,20)(H,19,21)/b9-7+. The zero-order chi connectivity index (χ0) is 17.4. The Morgan fingerprint density at radius 2 is 1.88 bits per heavy atom. The Morgan fingerprint density at radius 3 is 2.58 bits per heavy atom. The number of carbonyl (C=O) groups is 3. The molecule has 0 spiro atoms. The first kappa shape index (κ1) is 17.4. The zero-order valence-electron chi connectivity index (χ0n) is 12.7. The number of esters is 1. The third-order valence-electron chi connectivity index (χ3n) is 2.87. The second kappa shape index (κ2) is 8.64. The first-order chi connectivity index (χ1) is 11.5.